The maximum absolute atomic E-state index is 12.2. The smallest absolute Gasteiger partial charge is 0.262 e. The summed E-state index contributed by atoms with van der Waals surface area (Å²) in [5.41, 5.74) is 0.453. The predicted octanol–water partition coefficient (Wildman–Crippen LogP) is 2.51. The molecule has 1 aliphatic rings. The lowest BCUT2D eigenvalue weighted by Gasteiger charge is -2.24. The number of ether oxygens (including phenoxy) is 1. The molecule has 1 amide bonds. The molecular weight excluding hydrogens is 370 g/mol. The molecule has 1 saturated heterocycles. The van der Waals surface area contributed by atoms with E-state index in [0.29, 0.717) is 17.1 Å². The SMILES string of the molecule is O=C(N[C@H]([NH2+]C[C@H]1CCCO1)C(Cl)(Cl)Cl)c1ccc(Cl)cc1. The number of carbonyl (C=O) groups is 1. The number of amides is 1. The Morgan fingerprint density at radius 1 is 1.36 bits per heavy atom. The van der Waals surface area contributed by atoms with E-state index in [-0.39, 0.29) is 12.0 Å². The molecule has 3 N–H and O–H groups in total. The summed E-state index contributed by atoms with van der Waals surface area (Å²) in [6.45, 7) is 1.38. The number of nitrogens with two attached hydrogens (primary N) is 1. The topological polar surface area (TPSA) is 54.9 Å². The lowest BCUT2D eigenvalue weighted by molar-refractivity contribution is -0.697. The highest BCUT2D eigenvalue weighted by molar-refractivity contribution is 6.68. The number of alkyl halides is 3. The van der Waals surface area contributed by atoms with Gasteiger partial charge in [-0.2, -0.15) is 0 Å². The molecule has 2 rings (SSSR count). The van der Waals surface area contributed by atoms with Crippen molar-refractivity contribution < 1.29 is 14.8 Å². The van der Waals surface area contributed by atoms with Crippen LogP contribution in [0.3, 0.4) is 0 Å². The van der Waals surface area contributed by atoms with Crippen LogP contribution in [-0.2, 0) is 4.74 Å². The van der Waals surface area contributed by atoms with Gasteiger partial charge in [0.25, 0.3) is 9.70 Å². The summed E-state index contributed by atoms with van der Waals surface area (Å²) >= 11 is 23.7. The first-order valence-electron chi connectivity index (χ1n) is 6.94. The van der Waals surface area contributed by atoms with E-state index in [9.17, 15) is 4.79 Å². The zero-order chi connectivity index (χ0) is 16.2. The number of nitrogens with one attached hydrogen (secondary N) is 1. The van der Waals surface area contributed by atoms with Gasteiger partial charge in [-0.25, -0.2) is 0 Å². The molecular formula is C14H17Cl4N2O2+. The lowest BCUT2D eigenvalue weighted by atomic mass is 10.2. The van der Waals surface area contributed by atoms with Crippen molar-refractivity contribution in [2.75, 3.05) is 13.2 Å². The Balaban J connectivity index is 1.96. The van der Waals surface area contributed by atoms with E-state index < -0.39 is 9.96 Å². The van der Waals surface area contributed by atoms with E-state index in [4.69, 9.17) is 51.1 Å². The largest absolute Gasteiger partial charge is 0.372 e. The molecule has 122 valence electrons. The van der Waals surface area contributed by atoms with Crippen molar-refractivity contribution in [3.63, 3.8) is 0 Å². The second kappa shape index (κ2) is 8.04. The second-order valence-electron chi connectivity index (χ2n) is 5.11. The van der Waals surface area contributed by atoms with Gasteiger partial charge in [0.15, 0.2) is 0 Å². The van der Waals surface area contributed by atoms with Gasteiger partial charge in [-0.1, -0.05) is 46.4 Å². The number of quaternary nitrogens is 1. The average Bonchev–Trinajstić information content (AvgIpc) is 2.96. The van der Waals surface area contributed by atoms with Crippen LogP contribution in [0.1, 0.15) is 23.2 Å². The van der Waals surface area contributed by atoms with E-state index in [0.717, 1.165) is 19.4 Å². The molecule has 0 saturated carbocycles. The van der Waals surface area contributed by atoms with Crippen molar-refractivity contribution in [2.24, 2.45) is 0 Å². The van der Waals surface area contributed by atoms with Crippen LogP contribution in [0.5, 0.6) is 0 Å². The summed E-state index contributed by atoms with van der Waals surface area (Å²) < 4.78 is 3.91. The Morgan fingerprint density at radius 2 is 2.05 bits per heavy atom. The van der Waals surface area contributed by atoms with Gasteiger partial charge in [-0.3, -0.25) is 10.1 Å². The third-order valence-electron chi connectivity index (χ3n) is 3.40. The molecule has 1 aromatic carbocycles. The van der Waals surface area contributed by atoms with Crippen LogP contribution in [0.25, 0.3) is 0 Å². The molecule has 1 aromatic rings. The number of benzene rings is 1. The summed E-state index contributed by atoms with van der Waals surface area (Å²) in [6.07, 6.45) is 1.44. The molecule has 0 bridgehead atoms. The van der Waals surface area contributed by atoms with E-state index in [2.05, 4.69) is 5.32 Å². The van der Waals surface area contributed by atoms with E-state index in [1.54, 1.807) is 29.6 Å². The highest BCUT2D eigenvalue weighted by atomic mass is 35.6. The van der Waals surface area contributed by atoms with Crippen LogP contribution in [0, 0.1) is 0 Å². The summed E-state index contributed by atoms with van der Waals surface area (Å²) in [5.74, 6) is -0.323. The maximum Gasteiger partial charge on any atom is 0.262 e. The minimum Gasteiger partial charge on any atom is -0.372 e. The van der Waals surface area contributed by atoms with Crippen molar-refractivity contribution in [3.8, 4) is 0 Å². The minimum absolute atomic E-state index is 0.127. The molecule has 0 radical (unpaired) electrons. The molecule has 0 unspecified atom stereocenters. The molecule has 1 aliphatic heterocycles. The van der Waals surface area contributed by atoms with Gasteiger partial charge >= 0.3 is 0 Å². The summed E-state index contributed by atoms with van der Waals surface area (Å²) in [5, 5.41) is 5.07. The molecule has 0 aliphatic carbocycles. The van der Waals surface area contributed by atoms with Crippen LogP contribution in [0.15, 0.2) is 24.3 Å². The fourth-order valence-electron chi connectivity index (χ4n) is 2.22. The zero-order valence-corrected chi connectivity index (χ0v) is 14.7. The van der Waals surface area contributed by atoms with Gasteiger partial charge in [0.1, 0.15) is 12.6 Å². The molecule has 1 heterocycles. The van der Waals surface area contributed by atoms with Crippen LogP contribution >= 0.6 is 46.4 Å². The van der Waals surface area contributed by atoms with Crippen molar-refractivity contribution in [3.05, 3.63) is 34.9 Å². The van der Waals surface area contributed by atoms with Gasteiger partial charge in [0.05, 0.1) is 0 Å². The number of hydrogen-bond acceptors (Lipinski definition) is 2. The fourth-order valence-corrected chi connectivity index (χ4v) is 2.78. The Bertz CT molecular complexity index is 499. The molecule has 4 nitrogen and oxygen atoms in total. The van der Waals surface area contributed by atoms with Crippen molar-refractivity contribution in [1.29, 1.82) is 0 Å². The highest BCUT2D eigenvalue weighted by Gasteiger charge is 2.38. The molecule has 22 heavy (non-hydrogen) atoms. The highest BCUT2D eigenvalue weighted by Crippen LogP contribution is 2.27. The van der Waals surface area contributed by atoms with Crippen molar-refractivity contribution >= 4 is 52.3 Å². The van der Waals surface area contributed by atoms with Crippen molar-refractivity contribution in [1.82, 2.24) is 5.32 Å². The van der Waals surface area contributed by atoms with Crippen LogP contribution in [0.2, 0.25) is 5.02 Å². The quantitative estimate of drug-likeness (QED) is 0.603. The van der Waals surface area contributed by atoms with E-state index >= 15 is 0 Å². The van der Waals surface area contributed by atoms with Gasteiger partial charge < -0.3 is 10.1 Å². The number of halogens is 4. The predicted molar refractivity (Wildman–Crippen MR) is 88.8 cm³/mol. The first-order chi connectivity index (χ1) is 10.4. The number of carbonyl (C=O) groups excluding carboxylic acids is 1. The number of hydrogen-bond donors (Lipinski definition) is 2. The summed E-state index contributed by atoms with van der Waals surface area (Å²) in [7, 11) is 0. The monoisotopic (exact) mass is 385 g/mol. The third kappa shape index (κ3) is 5.44. The fraction of sp³-hybridized carbons (Fsp3) is 0.500. The Kier molecular flexibility index (Phi) is 6.62. The van der Waals surface area contributed by atoms with Gasteiger partial charge in [0.2, 0.25) is 6.17 Å². The normalized spacial score (nSPS) is 19.9. The van der Waals surface area contributed by atoms with E-state index in [1.807, 2.05) is 0 Å². The maximum atomic E-state index is 12.2. The molecule has 2 atom stereocenters. The van der Waals surface area contributed by atoms with Gasteiger partial charge in [-0.15, -0.1) is 0 Å². The lowest BCUT2D eigenvalue weighted by Crippen LogP contribution is -2.97. The number of rotatable bonds is 5. The minimum atomic E-state index is -1.62. The molecule has 1 fully saturated rings. The Morgan fingerprint density at radius 3 is 2.59 bits per heavy atom. The van der Waals surface area contributed by atoms with E-state index in [1.165, 1.54) is 0 Å². The Hall–Kier alpha value is -0.230. The van der Waals surface area contributed by atoms with Crippen LogP contribution in [-0.4, -0.2) is 35.1 Å². The molecule has 0 spiro atoms. The van der Waals surface area contributed by atoms with Crippen LogP contribution < -0.4 is 10.6 Å². The second-order valence-corrected chi connectivity index (χ2v) is 7.91. The first-order valence-corrected chi connectivity index (χ1v) is 8.45. The average molecular weight is 387 g/mol. The standard InChI is InChI=1S/C14H16Cl4N2O2/c15-10-5-3-9(4-6-10)12(21)20-13(14(16,17)18)19-8-11-2-1-7-22-11/h3-6,11,13,19H,1-2,7-8H2,(H,20,21)/p+1/t11-,13+/m1/s1. The first kappa shape index (κ1) is 18.1. The molecule has 8 heteroatoms. The van der Waals surface area contributed by atoms with Crippen molar-refractivity contribution in [2.45, 2.75) is 28.9 Å². The third-order valence-corrected chi connectivity index (χ3v) is 4.36. The van der Waals surface area contributed by atoms with Crippen LogP contribution in [0.4, 0.5) is 0 Å². The summed E-state index contributed by atoms with van der Waals surface area (Å²) in [6, 6.07) is 6.51. The van der Waals surface area contributed by atoms with Gasteiger partial charge in [0, 0.05) is 17.2 Å². The molecule has 0 aromatic heterocycles. The zero-order valence-electron chi connectivity index (χ0n) is 11.7. The van der Waals surface area contributed by atoms with Gasteiger partial charge in [-0.05, 0) is 37.1 Å². The summed E-state index contributed by atoms with van der Waals surface area (Å²) in [4.78, 5) is 12.2. The Labute approximate surface area is 149 Å².